The van der Waals surface area contributed by atoms with Crippen LogP contribution in [-0.2, 0) is 22.6 Å². The molecule has 0 spiro atoms. The third-order valence-electron chi connectivity index (χ3n) is 7.90. The van der Waals surface area contributed by atoms with Crippen LogP contribution in [0.15, 0.2) is 77.1 Å². The van der Waals surface area contributed by atoms with Crippen molar-refractivity contribution in [1.29, 1.82) is 0 Å². The zero-order valence-electron chi connectivity index (χ0n) is 25.8. The average molecular weight is 714 g/mol. The number of aliphatic hydroxyl groups excluding tert-OH is 1. The predicted octanol–water partition coefficient (Wildman–Crippen LogP) is 7.97. The van der Waals surface area contributed by atoms with E-state index < -0.39 is 46.8 Å². The Morgan fingerprint density at radius 2 is 1.53 bits per heavy atom. The molecule has 6 rings (SSSR count). The Morgan fingerprint density at radius 3 is 2.18 bits per heavy atom. The lowest BCUT2D eigenvalue weighted by Crippen LogP contribution is -2.31. The maximum Gasteiger partial charge on any atom is 0.257 e. The number of hydrogen-bond acceptors (Lipinski definition) is 8. The van der Waals surface area contributed by atoms with Gasteiger partial charge in [0.1, 0.15) is 10.6 Å². The second-order valence-electron chi connectivity index (χ2n) is 11.2. The number of thioether (sulfide) groups is 1. The first-order chi connectivity index (χ1) is 23.6. The second-order valence-corrected chi connectivity index (χ2v) is 13.6. The lowest BCUT2D eigenvalue weighted by Gasteiger charge is -2.36. The van der Waals surface area contributed by atoms with Crippen LogP contribution < -0.4 is 5.32 Å². The number of carbonyl (C=O) groups is 1. The molecule has 3 atom stereocenters. The standard InChI is InChI=1S/C35H28F5N3O4S2/c1-18-42-43-35(49-18)48-17-24-14-26(21-8-6-19(16-44)7-9-21)47-34(46-24)22-12-10-20(11-13-22)25-5-3-2-4-23(25)15-41-33(45)27-28(36)30(38)32(40)31(39)29(27)37/h2-13,24,26,34,44H,14-17H2,1H3,(H,41,45)/t24-,26+,34+/m1/s1. The number of amides is 1. The van der Waals surface area contributed by atoms with Crippen molar-refractivity contribution in [3.63, 3.8) is 0 Å². The summed E-state index contributed by atoms with van der Waals surface area (Å²) < 4.78 is 82.9. The van der Waals surface area contributed by atoms with Gasteiger partial charge in [-0.25, -0.2) is 22.0 Å². The fourth-order valence-corrected chi connectivity index (χ4v) is 7.23. The molecule has 1 aliphatic rings. The van der Waals surface area contributed by atoms with E-state index in [0.29, 0.717) is 23.3 Å². The monoisotopic (exact) mass is 713 g/mol. The number of aryl methyl sites for hydroxylation is 1. The Kier molecular flexibility index (Phi) is 10.7. The largest absolute Gasteiger partial charge is 0.392 e. The number of carbonyl (C=O) groups excluding carboxylic acids is 1. The minimum atomic E-state index is -2.34. The van der Waals surface area contributed by atoms with E-state index in [2.05, 4.69) is 15.5 Å². The molecule has 2 heterocycles. The molecule has 2 N–H and O–H groups in total. The van der Waals surface area contributed by atoms with Crippen LogP contribution >= 0.6 is 23.1 Å². The molecule has 14 heteroatoms. The summed E-state index contributed by atoms with van der Waals surface area (Å²) >= 11 is 3.08. The molecule has 0 unspecified atom stereocenters. The lowest BCUT2D eigenvalue weighted by molar-refractivity contribution is -0.245. The topological polar surface area (TPSA) is 93.6 Å². The van der Waals surface area contributed by atoms with Gasteiger partial charge < -0.3 is 19.9 Å². The van der Waals surface area contributed by atoms with Crippen LogP contribution in [0.2, 0.25) is 0 Å². The molecule has 0 saturated carbocycles. The van der Waals surface area contributed by atoms with Crippen LogP contribution in [0, 0.1) is 36.0 Å². The number of nitrogens with zero attached hydrogens (tertiary/aromatic N) is 2. The minimum Gasteiger partial charge on any atom is -0.392 e. The highest BCUT2D eigenvalue weighted by atomic mass is 32.2. The first-order valence-electron chi connectivity index (χ1n) is 15.0. The molecule has 0 aliphatic carbocycles. The summed E-state index contributed by atoms with van der Waals surface area (Å²) in [6.45, 7) is 1.58. The van der Waals surface area contributed by atoms with Gasteiger partial charge >= 0.3 is 0 Å². The summed E-state index contributed by atoms with van der Waals surface area (Å²) in [4.78, 5) is 12.6. The Hall–Kier alpha value is -4.21. The van der Waals surface area contributed by atoms with Gasteiger partial charge in [0.2, 0.25) is 5.82 Å². The van der Waals surface area contributed by atoms with E-state index >= 15 is 0 Å². The van der Waals surface area contributed by atoms with Crippen molar-refractivity contribution < 1.29 is 41.3 Å². The third-order valence-corrected chi connectivity index (χ3v) is 10.0. The summed E-state index contributed by atoms with van der Waals surface area (Å²) in [7, 11) is 0. The molecule has 1 fully saturated rings. The Labute approximate surface area is 286 Å². The highest BCUT2D eigenvalue weighted by Crippen LogP contribution is 2.40. The fourth-order valence-electron chi connectivity index (χ4n) is 5.37. The molecular weight excluding hydrogens is 686 g/mol. The first kappa shape index (κ1) is 34.6. The van der Waals surface area contributed by atoms with E-state index in [1.165, 1.54) is 11.3 Å². The zero-order valence-corrected chi connectivity index (χ0v) is 27.4. The molecule has 4 aromatic carbocycles. The van der Waals surface area contributed by atoms with Crippen molar-refractivity contribution in [2.75, 3.05) is 5.75 Å². The zero-order chi connectivity index (χ0) is 34.7. The number of ether oxygens (including phenoxy) is 2. The molecule has 0 bridgehead atoms. The highest BCUT2D eigenvalue weighted by molar-refractivity contribution is 8.01. The van der Waals surface area contributed by atoms with Gasteiger partial charge in [-0.3, -0.25) is 4.79 Å². The smallest absolute Gasteiger partial charge is 0.257 e. The number of benzene rings is 4. The van der Waals surface area contributed by atoms with Gasteiger partial charge in [0.15, 0.2) is 33.9 Å². The van der Waals surface area contributed by atoms with Crippen LogP contribution in [0.3, 0.4) is 0 Å². The maximum atomic E-state index is 14.2. The van der Waals surface area contributed by atoms with E-state index in [0.717, 1.165) is 31.6 Å². The summed E-state index contributed by atoms with van der Waals surface area (Å²) in [5.74, 6) is -12.0. The number of nitrogens with one attached hydrogen (secondary N) is 1. The summed E-state index contributed by atoms with van der Waals surface area (Å²) in [6.07, 6.45) is -0.572. The van der Waals surface area contributed by atoms with E-state index in [-0.39, 0.29) is 25.4 Å². The SMILES string of the molecule is Cc1nnc(SC[C@H]2C[C@@H](c3ccc(CO)cc3)O[C@@H](c3ccc(-c4ccccc4CNC(=O)c4c(F)c(F)c(F)c(F)c4F)cc3)O2)s1. The fraction of sp³-hybridized carbons (Fsp3) is 0.229. The highest BCUT2D eigenvalue weighted by Gasteiger charge is 2.33. The average Bonchev–Trinajstić information content (AvgIpc) is 3.56. The van der Waals surface area contributed by atoms with Crippen LogP contribution in [0.25, 0.3) is 11.1 Å². The van der Waals surface area contributed by atoms with E-state index in [1.807, 2.05) is 55.5 Å². The summed E-state index contributed by atoms with van der Waals surface area (Å²) in [6, 6.07) is 21.8. The van der Waals surface area contributed by atoms with Gasteiger partial charge in [0, 0.05) is 24.3 Å². The Bertz CT molecular complexity index is 1930. The maximum absolute atomic E-state index is 14.2. The molecule has 1 aliphatic heterocycles. The van der Waals surface area contributed by atoms with Gasteiger partial charge in [0.05, 0.1) is 18.8 Å². The van der Waals surface area contributed by atoms with Gasteiger partial charge in [-0.2, -0.15) is 0 Å². The number of aliphatic hydroxyl groups is 1. The predicted molar refractivity (Wildman–Crippen MR) is 173 cm³/mol. The summed E-state index contributed by atoms with van der Waals surface area (Å²) in [5, 5.41) is 20.9. The van der Waals surface area contributed by atoms with Gasteiger partial charge in [-0.1, -0.05) is 95.9 Å². The van der Waals surface area contributed by atoms with E-state index in [9.17, 15) is 31.9 Å². The number of aromatic nitrogens is 2. The molecule has 254 valence electrons. The van der Waals surface area contributed by atoms with Crippen LogP contribution in [0.4, 0.5) is 22.0 Å². The summed E-state index contributed by atoms with van der Waals surface area (Å²) in [5.41, 5.74) is 2.87. The Balaban J connectivity index is 1.19. The van der Waals surface area contributed by atoms with Crippen molar-refractivity contribution in [2.45, 2.75) is 49.3 Å². The lowest BCUT2D eigenvalue weighted by atomic mass is 9.97. The molecule has 5 aromatic rings. The van der Waals surface area contributed by atoms with Gasteiger partial charge in [-0.15, -0.1) is 10.2 Å². The molecular formula is C35H28F5N3O4S2. The number of hydrogen-bond donors (Lipinski definition) is 2. The van der Waals surface area contributed by atoms with Crippen LogP contribution in [-0.4, -0.2) is 33.1 Å². The molecule has 1 amide bonds. The molecule has 7 nitrogen and oxygen atoms in total. The van der Waals surface area contributed by atoms with Crippen molar-refractivity contribution in [3.05, 3.63) is 135 Å². The van der Waals surface area contributed by atoms with E-state index in [1.54, 1.807) is 36.0 Å². The quantitative estimate of drug-likeness (QED) is 0.0657. The van der Waals surface area contributed by atoms with Crippen molar-refractivity contribution in [1.82, 2.24) is 15.5 Å². The third kappa shape index (κ3) is 7.68. The molecule has 1 saturated heterocycles. The van der Waals surface area contributed by atoms with Crippen molar-refractivity contribution in [2.24, 2.45) is 0 Å². The van der Waals surface area contributed by atoms with Crippen molar-refractivity contribution >= 4 is 29.0 Å². The second kappa shape index (κ2) is 15.1. The van der Waals surface area contributed by atoms with Gasteiger partial charge in [-0.05, 0) is 34.7 Å². The molecule has 0 radical (unpaired) electrons. The molecule has 49 heavy (non-hydrogen) atoms. The van der Waals surface area contributed by atoms with Crippen LogP contribution in [0.1, 0.15) is 56.4 Å². The normalized spacial score (nSPS) is 17.7. The first-order valence-corrected chi connectivity index (χ1v) is 16.8. The molecule has 1 aromatic heterocycles. The van der Waals surface area contributed by atoms with E-state index in [4.69, 9.17) is 9.47 Å². The Morgan fingerprint density at radius 1 is 0.878 bits per heavy atom. The van der Waals surface area contributed by atoms with Crippen LogP contribution in [0.5, 0.6) is 0 Å². The number of rotatable bonds is 10. The minimum absolute atomic E-state index is 0.0642. The number of halogens is 5. The van der Waals surface area contributed by atoms with Crippen molar-refractivity contribution in [3.8, 4) is 11.1 Å². The van der Waals surface area contributed by atoms with Gasteiger partial charge in [0.25, 0.3) is 5.91 Å².